The molecule has 40 heavy (non-hydrogen) atoms. The molecule has 6 heteroatoms. The summed E-state index contributed by atoms with van der Waals surface area (Å²) < 4.78 is 4.28. The molecule has 194 valence electrons. The van der Waals surface area contributed by atoms with E-state index in [0.717, 1.165) is 55.4 Å². The molecule has 0 amide bonds. The zero-order valence-corrected chi connectivity index (χ0v) is 23.4. The van der Waals surface area contributed by atoms with Gasteiger partial charge in [-0.1, -0.05) is 54.2 Å². The van der Waals surface area contributed by atoms with Crippen LogP contribution in [-0.2, 0) is 21.1 Å². The first-order valence-corrected chi connectivity index (χ1v) is 12.8. The van der Waals surface area contributed by atoms with E-state index < -0.39 is 0 Å². The van der Waals surface area contributed by atoms with Gasteiger partial charge in [0.1, 0.15) is 22.9 Å². The minimum atomic E-state index is 0. The van der Waals surface area contributed by atoms with Crippen molar-refractivity contribution in [2.24, 2.45) is 0 Å². The molecule has 0 bridgehead atoms. The molecule has 4 aromatic carbocycles. The van der Waals surface area contributed by atoms with Crippen molar-refractivity contribution in [3.8, 4) is 28.5 Å². The number of rotatable bonds is 3. The summed E-state index contributed by atoms with van der Waals surface area (Å²) in [5.74, 6) is 0.978. The number of aromatic nitrogens is 4. The molecule has 1 N–H and O–H groups in total. The third-order valence-electron chi connectivity index (χ3n) is 7.37. The summed E-state index contributed by atoms with van der Waals surface area (Å²) in [6, 6.07) is 43.6. The van der Waals surface area contributed by atoms with Crippen LogP contribution in [0.3, 0.4) is 0 Å². The molecule has 4 aromatic heterocycles. The Morgan fingerprint density at radius 2 is 1.18 bits per heavy atom. The number of hydrogen-bond acceptors (Lipinski definition) is 3. The quantitative estimate of drug-likeness (QED) is 0.192. The van der Waals surface area contributed by atoms with Crippen molar-refractivity contribution in [3.05, 3.63) is 127 Å². The molecular formula is C34H21N4OPt-. The Labute approximate surface area is 244 Å². The van der Waals surface area contributed by atoms with Crippen molar-refractivity contribution < 1.29 is 26.2 Å². The minimum Gasteiger partial charge on any atom is -0.507 e. The SMILES string of the molecule is Oc1ccccc1-c1ccc2c3ccccc3n(-c3ccc4c5ccccc5n(-c5[c-]cccc5)c4n3)c2n1.[Pt]. The normalized spacial score (nSPS) is 11.4. The number of hydrogen-bond donors (Lipinski definition) is 1. The standard InChI is InChI=1S/C34H21N4O.Pt/c39-31-17-9-6-14-27(31)28-20-18-25-24-13-5-8-16-30(24)38(33(25)35-28)32-21-19-26-23-12-4-7-15-29(23)37(34(26)36-32)22-10-2-1-3-11-22;/h1-10,12-21,39H;/q-1;. The Balaban J connectivity index is 0.00000264. The van der Waals surface area contributed by atoms with Gasteiger partial charge in [-0.3, -0.25) is 4.57 Å². The summed E-state index contributed by atoms with van der Waals surface area (Å²) in [5, 5.41) is 14.9. The van der Waals surface area contributed by atoms with E-state index in [1.165, 1.54) is 0 Å². The molecule has 0 spiro atoms. The van der Waals surface area contributed by atoms with E-state index in [1.807, 2.05) is 54.6 Å². The van der Waals surface area contributed by atoms with Crippen molar-refractivity contribution in [1.82, 2.24) is 19.1 Å². The largest absolute Gasteiger partial charge is 0.507 e. The molecule has 8 rings (SSSR count). The van der Waals surface area contributed by atoms with Crippen LogP contribution >= 0.6 is 0 Å². The molecule has 5 nitrogen and oxygen atoms in total. The number of nitrogens with zero attached hydrogens (tertiary/aromatic N) is 4. The molecule has 0 unspecified atom stereocenters. The Bertz CT molecular complexity index is 2200. The minimum absolute atomic E-state index is 0. The first-order valence-electron chi connectivity index (χ1n) is 12.8. The van der Waals surface area contributed by atoms with E-state index in [2.05, 4.69) is 75.9 Å². The van der Waals surface area contributed by atoms with E-state index in [4.69, 9.17) is 9.97 Å². The monoisotopic (exact) mass is 696 g/mol. The number of benzene rings is 4. The maximum Gasteiger partial charge on any atom is 0.147 e. The number of aromatic hydroxyl groups is 1. The van der Waals surface area contributed by atoms with Crippen LogP contribution in [0.2, 0.25) is 0 Å². The van der Waals surface area contributed by atoms with Gasteiger partial charge in [0, 0.05) is 48.2 Å². The molecule has 0 saturated carbocycles. The second kappa shape index (κ2) is 9.48. The molecule has 0 atom stereocenters. The summed E-state index contributed by atoms with van der Waals surface area (Å²) in [6.07, 6.45) is 0. The fraction of sp³-hybridized carbons (Fsp3) is 0. The van der Waals surface area contributed by atoms with Gasteiger partial charge in [0.2, 0.25) is 0 Å². The van der Waals surface area contributed by atoms with Gasteiger partial charge in [0.05, 0.1) is 16.7 Å². The van der Waals surface area contributed by atoms with Gasteiger partial charge in [0.15, 0.2) is 0 Å². The second-order valence-electron chi connectivity index (χ2n) is 9.58. The average Bonchev–Trinajstić information content (AvgIpc) is 3.50. The number of pyridine rings is 2. The molecular weight excluding hydrogens is 675 g/mol. The van der Waals surface area contributed by atoms with Gasteiger partial charge in [-0.15, -0.1) is 6.07 Å². The number of phenolic OH excluding ortho intramolecular Hbond substituents is 1. The number of fused-ring (bicyclic) bond motifs is 6. The van der Waals surface area contributed by atoms with Gasteiger partial charge in [-0.2, -0.15) is 24.3 Å². The maximum absolute atomic E-state index is 10.5. The number of phenols is 1. The van der Waals surface area contributed by atoms with Crippen molar-refractivity contribution >= 4 is 43.9 Å². The fourth-order valence-electron chi connectivity index (χ4n) is 5.63. The van der Waals surface area contributed by atoms with Gasteiger partial charge in [0.25, 0.3) is 0 Å². The summed E-state index contributed by atoms with van der Waals surface area (Å²) in [7, 11) is 0. The van der Waals surface area contributed by atoms with E-state index in [1.54, 1.807) is 6.07 Å². The summed E-state index contributed by atoms with van der Waals surface area (Å²) in [6.45, 7) is 0. The molecule has 0 radical (unpaired) electrons. The van der Waals surface area contributed by atoms with Crippen LogP contribution in [0.5, 0.6) is 5.75 Å². The Kier molecular flexibility index (Phi) is 5.76. The fourth-order valence-corrected chi connectivity index (χ4v) is 5.63. The van der Waals surface area contributed by atoms with E-state index in [9.17, 15) is 5.11 Å². The van der Waals surface area contributed by atoms with Crippen LogP contribution in [0.25, 0.3) is 66.6 Å². The number of para-hydroxylation sites is 4. The third-order valence-corrected chi connectivity index (χ3v) is 7.37. The van der Waals surface area contributed by atoms with Gasteiger partial charge in [-0.25, -0.2) is 9.97 Å². The van der Waals surface area contributed by atoms with Crippen LogP contribution < -0.4 is 0 Å². The van der Waals surface area contributed by atoms with Gasteiger partial charge >= 0.3 is 0 Å². The van der Waals surface area contributed by atoms with Crippen LogP contribution in [0.4, 0.5) is 0 Å². The van der Waals surface area contributed by atoms with Crippen molar-refractivity contribution in [3.63, 3.8) is 0 Å². The van der Waals surface area contributed by atoms with E-state index in [0.29, 0.717) is 11.3 Å². The predicted octanol–water partition coefficient (Wildman–Crippen LogP) is 7.84. The molecule has 8 aromatic rings. The molecule has 0 aliphatic rings. The van der Waals surface area contributed by atoms with Crippen LogP contribution in [0, 0.1) is 6.07 Å². The summed E-state index contributed by atoms with van der Waals surface area (Å²) in [5.41, 5.74) is 6.10. The molecule has 0 fully saturated rings. The van der Waals surface area contributed by atoms with Crippen molar-refractivity contribution in [2.45, 2.75) is 0 Å². The van der Waals surface area contributed by atoms with Gasteiger partial charge < -0.3 is 9.67 Å². The molecule has 0 aliphatic heterocycles. The zero-order valence-electron chi connectivity index (χ0n) is 21.1. The van der Waals surface area contributed by atoms with E-state index >= 15 is 0 Å². The van der Waals surface area contributed by atoms with E-state index in [-0.39, 0.29) is 26.8 Å². The molecule has 4 heterocycles. The maximum atomic E-state index is 10.5. The van der Waals surface area contributed by atoms with Crippen LogP contribution in [0.15, 0.2) is 121 Å². The Morgan fingerprint density at radius 3 is 1.90 bits per heavy atom. The molecule has 0 saturated heterocycles. The topological polar surface area (TPSA) is 55.9 Å². The third kappa shape index (κ3) is 3.59. The second-order valence-corrected chi connectivity index (χ2v) is 9.58. The average molecular weight is 697 g/mol. The predicted molar refractivity (Wildman–Crippen MR) is 157 cm³/mol. The smallest absolute Gasteiger partial charge is 0.147 e. The van der Waals surface area contributed by atoms with Crippen LogP contribution in [-0.4, -0.2) is 24.2 Å². The van der Waals surface area contributed by atoms with Crippen molar-refractivity contribution in [1.29, 1.82) is 0 Å². The van der Waals surface area contributed by atoms with Gasteiger partial charge in [-0.05, 0) is 48.5 Å². The molecule has 0 aliphatic carbocycles. The summed E-state index contributed by atoms with van der Waals surface area (Å²) in [4.78, 5) is 10.3. The first kappa shape index (κ1) is 24.3. The zero-order chi connectivity index (χ0) is 25.9. The Morgan fingerprint density at radius 1 is 0.550 bits per heavy atom. The summed E-state index contributed by atoms with van der Waals surface area (Å²) >= 11 is 0. The first-order chi connectivity index (χ1) is 19.3. The van der Waals surface area contributed by atoms with Crippen molar-refractivity contribution in [2.75, 3.05) is 0 Å². The Hall–Kier alpha value is -4.73. The van der Waals surface area contributed by atoms with Crippen LogP contribution in [0.1, 0.15) is 0 Å².